The maximum atomic E-state index is 12.3. The Kier molecular flexibility index (Phi) is 8.59. The van der Waals surface area contributed by atoms with Crippen molar-refractivity contribution in [1.82, 2.24) is 5.32 Å². The van der Waals surface area contributed by atoms with Crippen molar-refractivity contribution in [2.45, 2.75) is 52.6 Å². The van der Waals surface area contributed by atoms with Gasteiger partial charge in [-0.05, 0) is 30.0 Å². The van der Waals surface area contributed by atoms with Crippen molar-refractivity contribution < 1.29 is 33.8 Å². The Morgan fingerprint density at radius 3 is 2.18 bits per heavy atom. The summed E-state index contributed by atoms with van der Waals surface area (Å²) in [5.41, 5.74) is 6.46. The van der Waals surface area contributed by atoms with Crippen molar-refractivity contribution in [2.75, 3.05) is 0 Å². The highest BCUT2D eigenvalue weighted by Gasteiger charge is 2.27. The summed E-state index contributed by atoms with van der Waals surface area (Å²) in [7, 11) is 0. The lowest BCUT2D eigenvalue weighted by molar-refractivity contribution is -0.143. The highest BCUT2D eigenvalue weighted by molar-refractivity contribution is 5.87. The summed E-state index contributed by atoms with van der Waals surface area (Å²) in [5.74, 6) is -3.09. The Morgan fingerprint density at radius 1 is 1.11 bits per heavy atom. The first-order chi connectivity index (χ1) is 13.0. The highest BCUT2D eigenvalue weighted by atomic mass is 16.6. The third kappa shape index (κ3) is 6.99. The van der Waals surface area contributed by atoms with Gasteiger partial charge in [-0.1, -0.05) is 26.3 Å². The number of carboxylic acids is 1. The fourth-order valence-corrected chi connectivity index (χ4v) is 2.44. The lowest BCUT2D eigenvalue weighted by atomic mass is 9.98. The van der Waals surface area contributed by atoms with E-state index >= 15 is 0 Å². The molecule has 9 nitrogen and oxygen atoms in total. The van der Waals surface area contributed by atoms with Gasteiger partial charge in [-0.25, -0.2) is 4.79 Å². The molecule has 1 amide bonds. The van der Waals surface area contributed by atoms with E-state index in [1.165, 1.54) is 26.0 Å². The summed E-state index contributed by atoms with van der Waals surface area (Å²) in [5, 5.41) is 11.7. The number of hydrogen-bond acceptors (Lipinski definition) is 7. The molecule has 0 bridgehead atoms. The maximum Gasteiger partial charge on any atom is 0.326 e. The number of carboxylic acid groups (broad SMARTS) is 1. The van der Waals surface area contributed by atoms with Gasteiger partial charge < -0.3 is 25.6 Å². The number of nitrogens with one attached hydrogen (secondary N) is 1. The summed E-state index contributed by atoms with van der Waals surface area (Å²) in [6.07, 6.45) is 0.642. The molecule has 0 radical (unpaired) electrons. The highest BCUT2D eigenvalue weighted by Crippen LogP contribution is 2.29. The first kappa shape index (κ1) is 23.1. The molecule has 0 saturated heterocycles. The largest absolute Gasteiger partial charge is 0.480 e. The van der Waals surface area contributed by atoms with Crippen LogP contribution in [-0.4, -0.2) is 41.0 Å². The normalized spacial score (nSPS) is 13.8. The number of benzene rings is 1. The Balaban J connectivity index is 2.93. The number of nitrogens with two attached hydrogens (primary N) is 1. The van der Waals surface area contributed by atoms with E-state index in [4.69, 9.17) is 15.2 Å². The van der Waals surface area contributed by atoms with Crippen molar-refractivity contribution in [2.24, 2.45) is 11.7 Å². The van der Waals surface area contributed by atoms with Crippen molar-refractivity contribution in [1.29, 1.82) is 0 Å². The van der Waals surface area contributed by atoms with Gasteiger partial charge in [0.05, 0.1) is 6.04 Å². The van der Waals surface area contributed by atoms with E-state index in [0.717, 1.165) is 0 Å². The number of aliphatic carboxylic acids is 1. The molecule has 3 atom stereocenters. The minimum atomic E-state index is -1.13. The van der Waals surface area contributed by atoms with Crippen LogP contribution in [0.3, 0.4) is 0 Å². The summed E-state index contributed by atoms with van der Waals surface area (Å²) < 4.78 is 10.0. The molecule has 0 aliphatic rings. The minimum Gasteiger partial charge on any atom is -0.480 e. The van der Waals surface area contributed by atoms with Gasteiger partial charge in [0.1, 0.15) is 6.04 Å². The smallest absolute Gasteiger partial charge is 0.326 e. The molecule has 28 heavy (non-hydrogen) atoms. The van der Waals surface area contributed by atoms with E-state index in [1.54, 1.807) is 13.0 Å². The Hall–Kier alpha value is -2.94. The Morgan fingerprint density at radius 2 is 1.68 bits per heavy atom. The summed E-state index contributed by atoms with van der Waals surface area (Å²) in [6.45, 7) is 5.96. The lowest BCUT2D eigenvalue weighted by Crippen LogP contribution is -2.51. The van der Waals surface area contributed by atoms with Gasteiger partial charge in [0.25, 0.3) is 0 Å². The molecule has 0 saturated carbocycles. The number of hydrogen-bond donors (Lipinski definition) is 3. The van der Waals surface area contributed by atoms with Crippen LogP contribution in [0.1, 0.15) is 39.7 Å². The van der Waals surface area contributed by atoms with E-state index in [2.05, 4.69) is 5.32 Å². The van der Waals surface area contributed by atoms with Crippen LogP contribution in [0.25, 0.3) is 0 Å². The zero-order chi connectivity index (χ0) is 21.4. The van der Waals surface area contributed by atoms with Crippen LogP contribution in [0.5, 0.6) is 11.5 Å². The van der Waals surface area contributed by atoms with Crippen LogP contribution in [0.4, 0.5) is 0 Å². The first-order valence-electron chi connectivity index (χ1n) is 8.83. The molecule has 4 N–H and O–H groups in total. The molecule has 0 fully saturated rings. The second kappa shape index (κ2) is 10.4. The molecule has 0 spiro atoms. The predicted octanol–water partition coefficient (Wildman–Crippen LogP) is 1.02. The Bertz CT molecular complexity index is 748. The van der Waals surface area contributed by atoms with Gasteiger partial charge in [0.15, 0.2) is 11.5 Å². The molecule has 1 rings (SSSR count). The molecule has 0 aliphatic carbocycles. The van der Waals surface area contributed by atoms with Gasteiger partial charge in [0, 0.05) is 13.8 Å². The molecule has 1 aromatic rings. The molecule has 0 heterocycles. The monoisotopic (exact) mass is 394 g/mol. The number of esters is 2. The van der Waals surface area contributed by atoms with Crippen LogP contribution in [0.15, 0.2) is 18.2 Å². The predicted molar refractivity (Wildman–Crippen MR) is 99.8 cm³/mol. The average molecular weight is 394 g/mol. The summed E-state index contributed by atoms with van der Waals surface area (Å²) >= 11 is 0. The molecular weight excluding hydrogens is 368 g/mol. The van der Waals surface area contributed by atoms with Crippen molar-refractivity contribution in [3.8, 4) is 11.5 Å². The SMILES string of the molecule is CCC(C)[C@H](NC(=O)[C@@H](N)Cc1ccc(OC(C)=O)c(OC(C)=O)c1)C(=O)O. The van der Waals surface area contributed by atoms with Crippen LogP contribution in [-0.2, 0) is 25.6 Å². The quantitative estimate of drug-likeness (QED) is 0.416. The second-order valence-electron chi connectivity index (χ2n) is 6.49. The molecule has 1 aromatic carbocycles. The molecule has 0 aliphatic heterocycles. The topological polar surface area (TPSA) is 145 Å². The maximum absolute atomic E-state index is 12.3. The summed E-state index contributed by atoms with van der Waals surface area (Å²) in [4.78, 5) is 46.1. The van der Waals surface area contributed by atoms with Crippen LogP contribution in [0.2, 0.25) is 0 Å². The third-order valence-electron chi connectivity index (χ3n) is 4.08. The number of rotatable bonds is 9. The fraction of sp³-hybridized carbons (Fsp3) is 0.474. The number of amides is 1. The van der Waals surface area contributed by atoms with Crippen molar-refractivity contribution in [3.63, 3.8) is 0 Å². The first-order valence-corrected chi connectivity index (χ1v) is 8.83. The lowest BCUT2D eigenvalue weighted by Gasteiger charge is -2.22. The fourth-order valence-electron chi connectivity index (χ4n) is 2.44. The van der Waals surface area contributed by atoms with Crippen LogP contribution >= 0.6 is 0 Å². The van der Waals surface area contributed by atoms with Gasteiger partial charge in [-0.3, -0.25) is 14.4 Å². The molecule has 9 heteroatoms. The van der Waals surface area contributed by atoms with Crippen molar-refractivity contribution >= 4 is 23.8 Å². The third-order valence-corrected chi connectivity index (χ3v) is 4.08. The number of ether oxygens (including phenoxy) is 2. The van der Waals surface area contributed by atoms with E-state index < -0.39 is 35.9 Å². The van der Waals surface area contributed by atoms with Gasteiger partial charge in [0.2, 0.25) is 5.91 Å². The van der Waals surface area contributed by atoms with E-state index in [1.807, 2.05) is 6.92 Å². The van der Waals surface area contributed by atoms with Crippen molar-refractivity contribution in [3.05, 3.63) is 23.8 Å². The van der Waals surface area contributed by atoms with Crippen LogP contribution < -0.4 is 20.5 Å². The zero-order valence-electron chi connectivity index (χ0n) is 16.4. The summed E-state index contributed by atoms with van der Waals surface area (Å²) in [6, 6.07) is 2.39. The standard InChI is InChI=1S/C19H26N2O7/c1-5-10(2)17(19(25)26)21-18(24)14(20)8-13-6-7-15(27-11(3)22)16(9-13)28-12(4)23/h6-7,9-10,14,17H,5,8,20H2,1-4H3,(H,21,24)(H,25,26)/t10?,14-,17-/m0/s1. The van der Waals surface area contributed by atoms with Crippen LogP contribution in [0, 0.1) is 5.92 Å². The van der Waals surface area contributed by atoms with Gasteiger partial charge in [-0.15, -0.1) is 0 Å². The van der Waals surface area contributed by atoms with E-state index in [0.29, 0.717) is 12.0 Å². The number of carbonyl (C=O) groups excluding carboxylic acids is 3. The van der Waals surface area contributed by atoms with E-state index in [9.17, 15) is 24.3 Å². The van der Waals surface area contributed by atoms with E-state index in [-0.39, 0.29) is 23.8 Å². The molecule has 154 valence electrons. The zero-order valence-corrected chi connectivity index (χ0v) is 16.4. The van der Waals surface area contributed by atoms with Gasteiger partial charge >= 0.3 is 17.9 Å². The molecule has 0 aromatic heterocycles. The molecular formula is C19H26N2O7. The average Bonchev–Trinajstić information content (AvgIpc) is 2.59. The molecule has 1 unspecified atom stereocenters. The minimum absolute atomic E-state index is 0.0239. The number of carbonyl (C=O) groups is 4. The Labute approximate surface area is 163 Å². The van der Waals surface area contributed by atoms with Gasteiger partial charge in [-0.2, -0.15) is 0 Å². The second-order valence-corrected chi connectivity index (χ2v) is 6.49.